The molecule has 0 bridgehead atoms. The largest absolute Gasteiger partial charge is 0.353 e. The molecule has 1 aliphatic rings. The number of hydrogen-bond acceptors (Lipinski definition) is 3. The zero-order valence-electron chi connectivity index (χ0n) is 15.9. The van der Waals surface area contributed by atoms with Gasteiger partial charge < -0.3 is 9.47 Å². The van der Waals surface area contributed by atoms with E-state index in [1.807, 2.05) is 61.5 Å². The van der Waals surface area contributed by atoms with Crippen molar-refractivity contribution >= 4 is 5.91 Å². The van der Waals surface area contributed by atoms with Gasteiger partial charge in [-0.25, -0.2) is 0 Å². The molecule has 0 spiro atoms. The van der Waals surface area contributed by atoms with Crippen LogP contribution in [0.3, 0.4) is 0 Å². The van der Waals surface area contributed by atoms with Crippen LogP contribution >= 0.6 is 0 Å². The van der Waals surface area contributed by atoms with Crippen LogP contribution in [-0.4, -0.2) is 36.9 Å². The molecule has 1 saturated heterocycles. The monoisotopic (exact) mass is 363 g/mol. The molecule has 6 nitrogen and oxygen atoms in total. The molecule has 2 aromatic heterocycles. The number of carbonyl (C=O) groups excluding carboxylic acids is 1. The Labute approximate surface area is 159 Å². The zero-order valence-corrected chi connectivity index (χ0v) is 15.9. The van der Waals surface area contributed by atoms with E-state index in [0.29, 0.717) is 11.4 Å². The minimum absolute atomic E-state index is 0.0252. The summed E-state index contributed by atoms with van der Waals surface area (Å²) in [4.78, 5) is 17.0. The fourth-order valence-corrected chi connectivity index (χ4v) is 3.87. The van der Waals surface area contributed by atoms with Gasteiger partial charge in [-0.2, -0.15) is 9.90 Å². The number of likely N-dealkylation sites (tertiary alicyclic amines) is 1. The summed E-state index contributed by atoms with van der Waals surface area (Å²) in [6.45, 7) is 2.61. The van der Waals surface area contributed by atoms with Gasteiger partial charge in [0.1, 0.15) is 0 Å². The average Bonchev–Trinajstić information content (AvgIpc) is 3.19. The molecule has 6 heteroatoms. The summed E-state index contributed by atoms with van der Waals surface area (Å²) in [6.07, 6.45) is 6.34. The molecule has 1 fully saturated rings. The lowest BCUT2D eigenvalue weighted by Crippen LogP contribution is -2.36. The number of benzene rings is 1. The standard InChI is InChI=1S/C21H25N5O/c1-16-20(23-26(22-16)17-10-5-3-6-11-17)21(27)25-15-8-4-7-12-19(25)18-13-9-14-24(18)2/h3,5-6,9-11,13-14,19H,4,7-8,12,15H2,1-2H3/t19-/m0/s1. The van der Waals surface area contributed by atoms with Gasteiger partial charge >= 0.3 is 0 Å². The van der Waals surface area contributed by atoms with Crippen LogP contribution in [0.2, 0.25) is 0 Å². The van der Waals surface area contributed by atoms with Crippen LogP contribution in [-0.2, 0) is 7.05 Å². The van der Waals surface area contributed by atoms with Crippen molar-refractivity contribution in [3.63, 3.8) is 0 Å². The van der Waals surface area contributed by atoms with E-state index < -0.39 is 0 Å². The third-order valence-electron chi connectivity index (χ3n) is 5.31. The van der Waals surface area contributed by atoms with Crippen LogP contribution in [0, 0.1) is 6.92 Å². The van der Waals surface area contributed by atoms with Crippen molar-refractivity contribution in [2.24, 2.45) is 7.05 Å². The summed E-state index contributed by atoms with van der Waals surface area (Å²) >= 11 is 0. The van der Waals surface area contributed by atoms with E-state index >= 15 is 0 Å². The van der Waals surface area contributed by atoms with Gasteiger partial charge in [0, 0.05) is 25.5 Å². The number of rotatable bonds is 3. The van der Waals surface area contributed by atoms with Gasteiger partial charge in [0.15, 0.2) is 5.69 Å². The van der Waals surface area contributed by atoms with Crippen molar-refractivity contribution in [3.8, 4) is 5.69 Å². The molecule has 1 atom stereocenters. The number of aryl methyl sites for hydroxylation is 2. The van der Waals surface area contributed by atoms with Gasteiger partial charge in [0.2, 0.25) is 0 Å². The quantitative estimate of drug-likeness (QED) is 0.713. The molecule has 0 N–H and O–H groups in total. The Morgan fingerprint density at radius 2 is 1.85 bits per heavy atom. The third kappa shape index (κ3) is 3.39. The summed E-state index contributed by atoms with van der Waals surface area (Å²) in [5.74, 6) is -0.0252. The van der Waals surface area contributed by atoms with Crippen LogP contribution in [0.25, 0.3) is 5.69 Å². The first-order valence-corrected chi connectivity index (χ1v) is 9.56. The second-order valence-corrected chi connectivity index (χ2v) is 7.17. The number of hydrogen-bond donors (Lipinski definition) is 0. The fraction of sp³-hybridized carbons (Fsp3) is 0.381. The molecule has 3 aromatic rings. The SMILES string of the molecule is Cc1nn(-c2ccccc2)nc1C(=O)N1CCCCC[C@H]1c1cccn1C. The first kappa shape index (κ1) is 17.5. The number of nitrogens with zero attached hydrogens (tertiary/aromatic N) is 5. The highest BCUT2D eigenvalue weighted by molar-refractivity contribution is 5.93. The summed E-state index contributed by atoms with van der Waals surface area (Å²) in [7, 11) is 2.04. The van der Waals surface area contributed by atoms with E-state index in [4.69, 9.17) is 0 Å². The second kappa shape index (κ2) is 7.39. The molecule has 1 amide bonds. The third-order valence-corrected chi connectivity index (χ3v) is 5.31. The van der Waals surface area contributed by atoms with Gasteiger partial charge in [0.25, 0.3) is 5.91 Å². The number of carbonyl (C=O) groups is 1. The number of para-hydroxylation sites is 1. The van der Waals surface area contributed by atoms with Gasteiger partial charge in [0.05, 0.1) is 17.4 Å². The molecular formula is C21H25N5O. The molecule has 0 saturated carbocycles. The molecule has 140 valence electrons. The first-order valence-electron chi connectivity index (χ1n) is 9.56. The normalized spacial score (nSPS) is 17.7. The van der Waals surface area contributed by atoms with E-state index in [1.54, 1.807) is 4.80 Å². The van der Waals surface area contributed by atoms with Gasteiger partial charge in [-0.15, -0.1) is 5.10 Å². The van der Waals surface area contributed by atoms with Crippen molar-refractivity contribution in [3.05, 3.63) is 65.7 Å². The molecule has 27 heavy (non-hydrogen) atoms. The van der Waals surface area contributed by atoms with E-state index in [2.05, 4.69) is 20.8 Å². The van der Waals surface area contributed by atoms with Gasteiger partial charge in [-0.1, -0.05) is 31.0 Å². The van der Waals surface area contributed by atoms with Gasteiger partial charge in [-0.05, 0) is 44.0 Å². The van der Waals surface area contributed by atoms with Crippen LogP contribution in [0.4, 0.5) is 0 Å². The predicted octanol–water partition coefficient (Wildman–Crippen LogP) is 3.67. The van der Waals surface area contributed by atoms with Crippen LogP contribution < -0.4 is 0 Å². The predicted molar refractivity (Wildman–Crippen MR) is 104 cm³/mol. The zero-order chi connectivity index (χ0) is 18.8. The smallest absolute Gasteiger partial charge is 0.276 e. The number of aromatic nitrogens is 4. The van der Waals surface area contributed by atoms with Crippen molar-refractivity contribution in [1.29, 1.82) is 0 Å². The highest BCUT2D eigenvalue weighted by Crippen LogP contribution is 2.31. The molecule has 1 aromatic carbocycles. The molecule has 0 aliphatic carbocycles. The summed E-state index contributed by atoms with van der Waals surface area (Å²) < 4.78 is 2.12. The Morgan fingerprint density at radius 1 is 1.04 bits per heavy atom. The molecule has 1 aliphatic heterocycles. The lowest BCUT2D eigenvalue weighted by molar-refractivity contribution is 0.0667. The van der Waals surface area contributed by atoms with E-state index in [9.17, 15) is 4.79 Å². The second-order valence-electron chi connectivity index (χ2n) is 7.17. The van der Waals surface area contributed by atoms with E-state index in [-0.39, 0.29) is 11.9 Å². The Bertz CT molecular complexity index is 927. The molecule has 3 heterocycles. The Balaban J connectivity index is 1.68. The van der Waals surface area contributed by atoms with Crippen molar-refractivity contribution in [2.45, 2.75) is 38.6 Å². The molecular weight excluding hydrogens is 338 g/mol. The van der Waals surface area contributed by atoms with Gasteiger partial charge in [-0.3, -0.25) is 4.79 Å². The highest BCUT2D eigenvalue weighted by Gasteiger charge is 2.31. The lowest BCUT2D eigenvalue weighted by Gasteiger charge is -2.30. The number of amides is 1. The summed E-state index contributed by atoms with van der Waals surface area (Å²) in [5, 5.41) is 9.01. The Morgan fingerprint density at radius 3 is 2.59 bits per heavy atom. The van der Waals surface area contributed by atoms with E-state index in [1.165, 1.54) is 5.69 Å². The fourth-order valence-electron chi connectivity index (χ4n) is 3.87. The molecule has 0 radical (unpaired) electrons. The van der Waals surface area contributed by atoms with Crippen LogP contribution in [0.1, 0.15) is 53.6 Å². The Hall–Kier alpha value is -2.89. The van der Waals surface area contributed by atoms with E-state index in [0.717, 1.165) is 37.9 Å². The minimum Gasteiger partial charge on any atom is -0.353 e. The maximum atomic E-state index is 13.4. The topological polar surface area (TPSA) is 56.0 Å². The highest BCUT2D eigenvalue weighted by atomic mass is 16.2. The summed E-state index contributed by atoms with van der Waals surface area (Å²) in [5.41, 5.74) is 3.14. The van der Waals surface area contributed by atoms with Crippen LogP contribution in [0.5, 0.6) is 0 Å². The van der Waals surface area contributed by atoms with Crippen molar-refractivity contribution < 1.29 is 4.79 Å². The first-order chi connectivity index (χ1) is 13.1. The average molecular weight is 363 g/mol. The maximum Gasteiger partial charge on any atom is 0.276 e. The molecule has 0 unspecified atom stereocenters. The Kier molecular flexibility index (Phi) is 4.79. The summed E-state index contributed by atoms with van der Waals surface area (Å²) in [6, 6.07) is 13.9. The lowest BCUT2D eigenvalue weighted by atomic mass is 10.1. The minimum atomic E-state index is -0.0252. The van der Waals surface area contributed by atoms with Crippen molar-refractivity contribution in [2.75, 3.05) is 6.54 Å². The van der Waals surface area contributed by atoms with Crippen molar-refractivity contribution in [1.82, 2.24) is 24.5 Å². The van der Waals surface area contributed by atoms with Crippen LogP contribution in [0.15, 0.2) is 48.7 Å². The molecule has 4 rings (SSSR count). The maximum absolute atomic E-state index is 13.4.